The van der Waals surface area contributed by atoms with E-state index in [1.165, 1.54) is 0 Å². The molecule has 3 nitrogen and oxygen atoms in total. The van der Waals surface area contributed by atoms with Crippen molar-refractivity contribution < 1.29 is 32.3 Å². The molecule has 0 heterocycles. The number of carbonyl (C=O) groups excluding carboxylic acids is 2. The van der Waals surface area contributed by atoms with Gasteiger partial charge >= 0.3 is 12.3 Å². The van der Waals surface area contributed by atoms with Gasteiger partial charge in [0.25, 0.3) is 0 Å². The zero-order valence-corrected chi connectivity index (χ0v) is 8.87. The molecule has 1 N–H and O–H groups in total. The highest BCUT2D eigenvalue weighted by Gasteiger charge is 2.48. The van der Waals surface area contributed by atoms with Gasteiger partial charge in [-0.25, -0.2) is 8.78 Å². The molecule has 0 radical (unpaired) electrons. The molecule has 0 unspecified atom stereocenters. The number of benzene rings is 1. The summed E-state index contributed by atoms with van der Waals surface area (Å²) in [5.74, 6) is -8.13. The fraction of sp³-hybridized carbons (Fsp3) is 0.273. The van der Waals surface area contributed by atoms with E-state index in [1.54, 1.807) is 0 Å². The molecule has 18 heavy (non-hydrogen) atoms. The molecule has 0 saturated heterocycles. The molecule has 1 aromatic carbocycles. The molecule has 98 valence electrons. The SMILES string of the molecule is O=C(CC(=O)C(F)(F)C(F)F)c1ccc(O)cc1. The van der Waals surface area contributed by atoms with E-state index >= 15 is 0 Å². The van der Waals surface area contributed by atoms with Crippen LogP contribution in [0.1, 0.15) is 16.8 Å². The van der Waals surface area contributed by atoms with E-state index < -0.39 is 30.3 Å². The third-order valence-corrected chi connectivity index (χ3v) is 2.16. The number of rotatable bonds is 5. The van der Waals surface area contributed by atoms with Gasteiger partial charge in [0.2, 0.25) is 5.78 Å². The molecule has 0 saturated carbocycles. The predicted octanol–water partition coefficient (Wildman–Crippen LogP) is 2.43. The number of ketones is 2. The van der Waals surface area contributed by atoms with Crippen LogP contribution in [-0.4, -0.2) is 29.0 Å². The van der Waals surface area contributed by atoms with Crippen LogP contribution in [0, 0.1) is 0 Å². The third kappa shape index (κ3) is 3.06. The number of phenols is 1. The highest BCUT2D eigenvalue weighted by molar-refractivity contribution is 6.10. The van der Waals surface area contributed by atoms with E-state index in [0.717, 1.165) is 24.3 Å². The Kier molecular flexibility index (Phi) is 4.05. The molecule has 0 fully saturated rings. The summed E-state index contributed by atoms with van der Waals surface area (Å²) in [4.78, 5) is 22.2. The number of alkyl halides is 4. The molecule has 0 aromatic heterocycles. The van der Waals surface area contributed by atoms with E-state index in [-0.39, 0.29) is 11.3 Å². The van der Waals surface area contributed by atoms with E-state index in [4.69, 9.17) is 5.11 Å². The Bertz CT molecular complexity index is 454. The summed E-state index contributed by atoms with van der Waals surface area (Å²) >= 11 is 0. The molecule has 0 aliphatic carbocycles. The van der Waals surface area contributed by atoms with Crippen molar-refractivity contribution in [1.29, 1.82) is 0 Å². The average molecular weight is 264 g/mol. The number of Topliss-reactive ketones (excluding diaryl/α,β-unsaturated/α-hetero) is 2. The van der Waals surface area contributed by atoms with E-state index in [1.807, 2.05) is 0 Å². The molecule has 1 aromatic rings. The van der Waals surface area contributed by atoms with Gasteiger partial charge in [-0.3, -0.25) is 9.59 Å². The number of aromatic hydroxyl groups is 1. The zero-order chi connectivity index (χ0) is 13.9. The fourth-order valence-electron chi connectivity index (χ4n) is 1.13. The van der Waals surface area contributed by atoms with Crippen LogP contribution in [0.4, 0.5) is 17.6 Å². The minimum atomic E-state index is -4.83. The van der Waals surface area contributed by atoms with Crippen molar-refractivity contribution in [2.24, 2.45) is 0 Å². The lowest BCUT2D eigenvalue weighted by molar-refractivity contribution is -0.166. The molecule has 0 aliphatic rings. The van der Waals surface area contributed by atoms with Crippen LogP contribution in [-0.2, 0) is 4.79 Å². The van der Waals surface area contributed by atoms with Crippen molar-refractivity contribution in [2.75, 3.05) is 0 Å². The van der Waals surface area contributed by atoms with Crippen molar-refractivity contribution in [3.05, 3.63) is 29.8 Å². The summed E-state index contributed by atoms with van der Waals surface area (Å²) in [5.41, 5.74) is -0.119. The first-order valence-corrected chi connectivity index (χ1v) is 4.76. The first-order chi connectivity index (χ1) is 8.25. The lowest BCUT2D eigenvalue weighted by atomic mass is 10.0. The van der Waals surface area contributed by atoms with Crippen LogP contribution < -0.4 is 0 Å². The lowest BCUT2D eigenvalue weighted by Crippen LogP contribution is -2.37. The number of phenolic OH excluding ortho intramolecular Hbond substituents is 1. The van der Waals surface area contributed by atoms with E-state index in [2.05, 4.69) is 0 Å². The second kappa shape index (κ2) is 5.16. The quantitative estimate of drug-likeness (QED) is 0.505. The third-order valence-electron chi connectivity index (χ3n) is 2.16. The second-order valence-corrected chi connectivity index (χ2v) is 3.49. The summed E-state index contributed by atoms with van der Waals surface area (Å²) < 4.78 is 48.9. The van der Waals surface area contributed by atoms with Gasteiger partial charge in [0.1, 0.15) is 5.75 Å². The summed E-state index contributed by atoms with van der Waals surface area (Å²) in [6, 6.07) is 4.43. The standard InChI is InChI=1S/C11H8F4O3/c12-10(13)11(14,15)9(18)5-8(17)6-1-3-7(16)4-2-6/h1-4,10,16H,5H2. The molecular weight excluding hydrogens is 256 g/mol. The first kappa shape index (κ1) is 14.1. The Morgan fingerprint density at radius 2 is 1.67 bits per heavy atom. The first-order valence-electron chi connectivity index (χ1n) is 4.76. The maximum atomic E-state index is 12.6. The molecule has 0 amide bonds. The molecule has 0 bridgehead atoms. The van der Waals surface area contributed by atoms with E-state index in [0.29, 0.717) is 0 Å². The number of halogens is 4. The molecule has 7 heteroatoms. The van der Waals surface area contributed by atoms with Crippen LogP contribution in [0.25, 0.3) is 0 Å². The van der Waals surface area contributed by atoms with Crippen LogP contribution in [0.15, 0.2) is 24.3 Å². The van der Waals surface area contributed by atoms with Crippen molar-refractivity contribution in [2.45, 2.75) is 18.8 Å². The number of hydrogen-bond acceptors (Lipinski definition) is 3. The normalized spacial score (nSPS) is 11.6. The van der Waals surface area contributed by atoms with Gasteiger partial charge in [-0.1, -0.05) is 0 Å². The van der Waals surface area contributed by atoms with Gasteiger partial charge in [0, 0.05) is 5.56 Å². The van der Waals surface area contributed by atoms with Crippen LogP contribution >= 0.6 is 0 Å². The summed E-state index contributed by atoms with van der Waals surface area (Å²) in [7, 11) is 0. The Morgan fingerprint density at radius 1 is 1.17 bits per heavy atom. The minimum Gasteiger partial charge on any atom is -0.508 e. The smallest absolute Gasteiger partial charge is 0.364 e. The Labute approximate surface area is 99.0 Å². The maximum absolute atomic E-state index is 12.6. The average Bonchev–Trinajstić information content (AvgIpc) is 2.29. The van der Waals surface area contributed by atoms with Gasteiger partial charge < -0.3 is 5.11 Å². The molecule has 0 spiro atoms. The Balaban J connectivity index is 2.77. The highest BCUT2D eigenvalue weighted by atomic mass is 19.3. The molecule has 0 atom stereocenters. The number of carbonyl (C=O) groups is 2. The van der Waals surface area contributed by atoms with Crippen molar-refractivity contribution >= 4 is 11.6 Å². The molecule has 1 rings (SSSR count). The molecular formula is C11H8F4O3. The van der Waals surface area contributed by atoms with Crippen molar-refractivity contribution in [1.82, 2.24) is 0 Å². The molecule has 0 aliphatic heterocycles. The fourth-order valence-corrected chi connectivity index (χ4v) is 1.13. The minimum absolute atomic E-state index is 0.119. The predicted molar refractivity (Wildman–Crippen MR) is 53.0 cm³/mol. The van der Waals surface area contributed by atoms with Gasteiger partial charge in [0.15, 0.2) is 5.78 Å². The van der Waals surface area contributed by atoms with E-state index in [9.17, 15) is 27.2 Å². The summed E-state index contributed by atoms with van der Waals surface area (Å²) in [6.45, 7) is 0. The van der Waals surface area contributed by atoms with Crippen LogP contribution in [0.2, 0.25) is 0 Å². The monoisotopic (exact) mass is 264 g/mol. The lowest BCUT2D eigenvalue weighted by Gasteiger charge is -2.12. The Hall–Kier alpha value is -1.92. The van der Waals surface area contributed by atoms with Crippen LogP contribution in [0.3, 0.4) is 0 Å². The van der Waals surface area contributed by atoms with Gasteiger partial charge in [0.05, 0.1) is 6.42 Å². The topological polar surface area (TPSA) is 54.4 Å². The summed E-state index contributed by atoms with van der Waals surface area (Å²) in [5, 5.41) is 8.92. The highest BCUT2D eigenvalue weighted by Crippen LogP contribution is 2.26. The Morgan fingerprint density at radius 3 is 2.11 bits per heavy atom. The second-order valence-electron chi connectivity index (χ2n) is 3.49. The van der Waals surface area contributed by atoms with Gasteiger partial charge in [-0.2, -0.15) is 8.78 Å². The van der Waals surface area contributed by atoms with Gasteiger partial charge in [-0.05, 0) is 24.3 Å². The van der Waals surface area contributed by atoms with Crippen molar-refractivity contribution in [3.8, 4) is 5.75 Å². The maximum Gasteiger partial charge on any atom is 0.364 e. The van der Waals surface area contributed by atoms with Crippen LogP contribution in [0.5, 0.6) is 5.75 Å². The zero-order valence-electron chi connectivity index (χ0n) is 8.87. The summed E-state index contributed by atoms with van der Waals surface area (Å²) in [6.07, 6.45) is -5.46. The van der Waals surface area contributed by atoms with Crippen molar-refractivity contribution in [3.63, 3.8) is 0 Å². The largest absolute Gasteiger partial charge is 0.508 e. The number of hydrogen-bond donors (Lipinski definition) is 1. The van der Waals surface area contributed by atoms with Gasteiger partial charge in [-0.15, -0.1) is 0 Å².